The molecule has 0 radical (unpaired) electrons. The average molecular weight is 334 g/mol. The molecule has 2 amide bonds. The number of nitrogens with zero attached hydrogens (tertiary/aromatic N) is 2. The number of para-hydroxylation sites is 1. The van der Waals surface area contributed by atoms with E-state index in [1.807, 2.05) is 0 Å². The number of carbonyl (C=O) groups excluding carboxylic acids is 1. The Bertz CT molecular complexity index is 765. The second-order valence-corrected chi connectivity index (χ2v) is 4.73. The van der Waals surface area contributed by atoms with Crippen molar-refractivity contribution in [2.75, 3.05) is 5.32 Å². The maximum atomic E-state index is 11.8. The molecule has 2 N–H and O–H groups in total. The van der Waals surface area contributed by atoms with Gasteiger partial charge in [0.1, 0.15) is 0 Å². The third kappa shape index (κ3) is 4.42. The fraction of sp³-hybridized carbons (Fsp3) is 0. The van der Waals surface area contributed by atoms with Crippen LogP contribution in [0.3, 0.4) is 0 Å². The van der Waals surface area contributed by atoms with E-state index in [2.05, 4.69) is 15.8 Å². The van der Waals surface area contributed by atoms with E-state index in [0.29, 0.717) is 5.69 Å². The second-order valence-electron chi connectivity index (χ2n) is 4.29. The molecule has 0 heterocycles. The van der Waals surface area contributed by atoms with E-state index < -0.39 is 22.4 Å². The monoisotopic (exact) mass is 333 g/mol. The molecular formula is C14H10ClN4O4-. The summed E-state index contributed by atoms with van der Waals surface area (Å²) in [6.45, 7) is 0. The Morgan fingerprint density at radius 2 is 1.96 bits per heavy atom. The lowest BCUT2D eigenvalue weighted by Gasteiger charge is -2.10. The first kappa shape index (κ1) is 16.2. The van der Waals surface area contributed by atoms with Crippen molar-refractivity contribution in [3.8, 4) is 5.75 Å². The first-order valence-corrected chi connectivity index (χ1v) is 6.65. The highest BCUT2D eigenvalue weighted by Gasteiger charge is 2.11. The summed E-state index contributed by atoms with van der Waals surface area (Å²) in [5, 5.41) is 28.6. The minimum atomic E-state index is -0.839. The Labute approximate surface area is 135 Å². The van der Waals surface area contributed by atoms with E-state index in [1.54, 1.807) is 30.3 Å². The van der Waals surface area contributed by atoms with Gasteiger partial charge in [-0.3, -0.25) is 10.1 Å². The number of anilines is 1. The molecule has 0 saturated carbocycles. The van der Waals surface area contributed by atoms with Crippen molar-refractivity contribution in [3.63, 3.8) is 0 Å². The zero-order chi connectivity index (χ0) is 16.8. The SMILES string of the molecule is O=C(N/N=C\c1cc(Cl)cc([N+](=O)[O-])c1[O-])Nc1ccccc1. The minimum absolute atomic E-state index is 0.0199. The van der Waals surface area contributed by atoms with Crippen LogP contribution in [0.1, 0.15) is 5.56 Å². The molecular weight excluding hydrogens is 324 g/mol. The molecule has 0 bridgehead atoms. The van der Waals surface area contributed by atoms with Gasteiger partial charge in [-0.2, -0.15) is 5.10 Å². The highest BCUT2D eigenvalue weighted by atomic mass is 35.5. The second kappa shape index (κ2) is 7.23. The zero-order valence-corrected chi connectivity index (χ0v) is 12.3. The number of halogens is 1. The molecule has 8 nitrogen and oxygen atoms in total. The molecule has 0 fully saturated rings. The van der Waals surface area contributed by atoms with Crippen LogP contribution in [-0.2, 0) is 0 Å². The van der Waals surface area contributed by atoms with Crippen molar-refractivity contribution in [2.45, 2.75) is 0 Å². The Morgan fingerprint density at radius 1 is 1.26 bits per heavy atom. The number of carbonyl (C=O) groups is 1. The number of hydrazone groups is 1. The molecule has 0 saturated heterocycles. The maximum absolute atomic E-state index is 11.8. The molecule has 9 heteroatoms. The van der Waals surface area contributed by atoms with E-state index in [4.69, 9.17) is 11.6 Å². The maximum Gasteiger partial charge on any atom is 0.339 e. The summed E-state index contributed by atoms with van der Waals surface area (Å²) >= 11 is 5.71. The molecule has 2 aromatic rings. The molecule has 0 aliphatic heterocycles. The number of nitro benzene ring substituents is 1. The van der Waals surface area contributed by atoms with Crippen molar-refractivity contribution in [1.82, 2.24) is 5.43 Å². The summed E-state index contributed by atoms with van der Waals surface area (Å²) in [6.07, 6.45) is 0.992. The van der Waals surface area contributed by atoms with Crippen LogP contribution in [0.4, 0.5) is 16.2 Å². The average Bonchev–Trinajstić information content (AvgIpc) is 2.51. The molecule has 0 spiro atoms. The van der Waals surface area contributed by atoms with Crippen molar-refractivity contribution in [3.05, 3.63) is 63.2 Å². The molecule has 118 valence electrons. The third-order valence-corrected chi connectivity index (χ3v) is 2.88. The number of urea groups is 1. The van der Waals surface area contributed by atoms with Gasteiger partial charge in [-0.25, -0.2) is 10.2 Å². The Kier molecular flexibility index (Phi) is 5.11. The van der Waals surface area contributed by atoms with Crippen LogP contribution in [0.2, 0.25) is 5.02 Å². The highest BCUT2D eigenvalue weighted by molar-refractivity contribution is 6.31. The van der Waals surface area contributed by atoms with Crippen molar-refractivity contribution in [1.29, 1.82) is 0 Å². The van der Waals surface area contributed by atoms with Gasteiger partial charge in [0.05, 0.1) is 11.1 Å². The molecule has 23 heavy (non-hydrogen) atoms. The standard InChI is InChI=1S/C14H11ClN4O4/c15-10-6-9(13(20)12(7-10)19(22)23)8-16-18-14(21)17-11-4-2-1-3-5-11/h1-8,20H,(H2,17,18,21)/p-1/b16-8-. The predicted octanol–water partition coefficient (Wildman–Crippen LogP) is 2.48. The molecule has 2 rings (SSSR count). The number of benzene rings is 2. The van der Waals surface area contributed by atoms with Gasteiger partial charge in [-0.1, -0.05) is 29.8 Å². The van der Waals surface area contributed by atoms with Crippen LogP contribution in [0, 0.1) is 10.1 Å². The molecule has 0 aromatic heterocycles. The van der Waals surface area contributed by atoms with E-state index >= 15 is 0 Å². The third-order valence-electron chi connectivity index (χ3n) is 2.66. The van der Waals surface area contributed by atoms with E-state index in [1.165, 1.54) is 6.07 Å². The largest absolute Gasteiger partial charge is 0.867 e. The fourth-order valence-corrected chi connectivity index (χ4v) is 1.89. The van der Waals surface area contributed by atoms with Crippen LogP contribution in [0.5, 0.6) is 5.75 Å². The van der Waals surface area contributed by atoms with E-state index in [-0.39, 0.29) is 10.6 Å². The summed E-state index contributed by atoms with van der Waals surface area (Å²) < 4.78 is 0. The lowest BCUT2D eigenvalue weighted by atomic mass is 10.2. The lowest BCUT2D eigenvalue weighted by molar-refractivity contribution is -0.398. The minimum Gasteiger partial charge on any atom is -0.867 e. The van der Waals surface area contributed by atoms with Gasteiger partial charge in [-0.15, -0.1) is 0 Å². The Morgan fingerprint density at radius 3 is 2.61 bits per heavy atom. The molecule has 0 aliphatic rings. The quantitative estimate of drug-likeness (QED) is 0.507. The number of hydrogen-bond acceptors (Lipinski definition) is 5. The van der Waals surface area contributed by atoms with Crippen molar-refractivity contribution < 1.29 is 14.8 Å². The van der Waals surface area contributed by atoms with Gasteiger partial charge >= 0.3 is 6.03 Å². The van der Waals surface area contributed by atoms with Crippen molar-refractivity contribution in [2.24, 2.45) is 5.10 Å². The van der Waals surface area contributed by atoms with Crippen molar-refractivity contribution >= 4 is 35.2 Å². The number of nitro groups is 1. The Balaban J connectivity index is 2.06. The first-order valence-electron chi connectivity index (χ1n) is 6.27. The van der Waals surface area contributed by atoms with Crippen LogP contribution in [-0.4, -0.2) is 17.2 Å². The summed E-state index contributed by atoms with van der Waals surface area (Å²) in [5.74, 6) is -0.839. The normalized spacial score (nSPS) is 10.5. The van der Waals surface area contributed by atoms with Gasteiger partial charge in [0.25, 0.3) is 5.69 Å². The number of rotatable bonds is 4. The predicted molar refractivity (Wildman–Crippen MR) is 83.7 cm³/mol. The van der Waals surface area contributed by atoms with Crippen LogP contribution in [0.15, 0.2) is 47.6 Å². The fourth-order valence-electron chi connectivity index (χ4n) is 1.67. The van der Waals surface area contributed by atoms with Crippen LogP contribution in [0.25, 0.3) is 0 Å². The molecule has 0 aliphatic carbocycles. The zero-order valence-electron chi connectivity index (χ0n) is 11.5. The summed E-state index contributed by atoms with van der Waals surface area (Å²) in [5.41, 5.74) is 1.93. The molecule has 0 atom stereocenters. The van der Waals surface area contributed by atoms with Gasteiger partial charge in [-0.05, 0) is 29.5 Å². The van der Waals surface area contributed by atoms with Gasteiger partial charge in [0, 0.05) is 16.8 Å². The van der Waals surface area contributed by atoms with Gasteiger partial charge in [0.15, 0.2) is 0 Å². The van der Waals surface area contributed by atoms with E-state index in [0.717, 1.165) is 12.3 Å². The van der Waals surface area contributed by atoms with E-state index in [9.17, 15) is 20.0 Å². The van der Waals surface area contributed by atoms with Crippen LogP contribution < -0.4 is 15.8 Å². The first-order chi connectivity index (χ1) is 11.0. The number of amides is 2. The molecule has 2 aromatic carbocycles. The lowest BCUT2D eigenvalue weighted by Crippen LogP contribution is -2.24. The Hall–Kier alpha value is -3.13. The summed E-state index contributed by atoms with van der Waals surface area (Å²) in [4.78, 5) is 21.5. The highest BCUT2D eigenvalue weighted by Crippen LogP contribution is 2.29. The summed E-state index contributed by atoms with van der Waals surface area (Å²) in [6, 6.07) is 10.2. The molecule has 0 unspecified atom stereocenters. The number of hydrogen-bond donors (Lipinski definition) is 2. The van der Waals surface area contributed by atoms with Gasteiger partial charge < -0.3 is 10.4 Å². The topological polar surface area (TPSA) is 120 Å². The smallest absolute Gasteiger partial charge is 0.339 e. The summed E-state index contributed by atoms with van der Waals surface area (Å²) in [7, 11) is 0. The van der Waals surface area contributed by atoms with Gasteiger partial charge in [0.2, 0.25) is 0 Å². The number of nitrogens with one attached hydrogen (secondary N) is 2. The van der Waals surface area contributed by atoms with Crippen LogP contribution >= 0.6 is 11.6 Å².